The third-order valence-corrected chi connectivity index (χ3v) is 2.91. The van der Waals surface area contributed by atoms with Gasteiger partial charge in [0.05, 0.1) is 5.69 Å². The Kier molecular flexibility index (Phi) is 4.10. The Hall–Kier alpha value is -1.68. The van der Waals surface area contributed by atoms with Gasteiger partial charge in [-0.3, -0.25) is 9.67 Å². The molecule has 1 unspecified atom stereocenters. The van der Waals surface area contributed by atoms with E-state index in [2.05, 4.69) is 23.9 Å². The minimum absolute atomic E-state index is 0.0999. The van der Waals surface area contributed by atoms with Crippen LogP contribution in [0.15, 0.2) is 36.8 Å². The van der Waals surface area contributed by atoms with E-state index < -0.39 is 0 Å². The maximum absolute atomic E-state index is 6.15. The van der Waals surface area contributed by atoms with Gasteiger partial charge >= 0.3 is 0 Å². The first-order chi connectivity index (χ1) is 8.65. The first kappa shape index (κ1) is 12.8. The van der Waals surface area contributed by atoms with E-state index in [1.54, 1.807) is 12.4 Å². The Morgan fingerprint density at radius 3 is 2.50 bits per heavy atom. The van der Waals surface area contributed by atoms with Gasteiger partial charge in [-0.1, -0.05) is 0 Å². The second kappa shape index (κ2) is 5.78. The van der Waals surface area contributed by atoms with Crippen molar-refractivity contribution in [2.75, 3.05) is 0 Å². The maximum Gasteiger partial charge on any atom is 0.0640 e. The van der Waals surface area contributed by atoms with Crippen LogP contribution in [0.2, 0.25) is 0 Å². The fourth-order valence-electron chi connectivity index (χ4n) is 1.94. The Balaban J connectivity index is 1.92. The first-order valence-electron chi connectivity index (χ1n) is 6.33. The van der Waals surface area contributed by atoms with E-state index in [0.717, 1.165) is 18.5 Å². The van der Waals surface area contributed by atoms with Crippen LogP contribution in [0.5, 0.6) is 0 Å². The van der Waals surface area contributed by atoms with Crippen LogP contribution in [0.4, 0.5) is 0 Å². The van der Waals surface area contributed by atoms with Gasteiger partial charge in [0.1, 0.15) is 0 Å². The molecule has 2 heterocycles. The zero-order chi connectivity index (χ0) is 13.0. The van der Waals surface area contributed by atoms with Crippen molar-refractivity contribution in [2.45, 2.75) is 38.8 Å². The second-order valence-corrected chi connectivity index (χ2v) is 4.90. The van der Waals surface area contributed by atoms with Crippen LogP contribution in [0, 0.1) is 0 Å². The highest BCUT2D eigenvalue weighted by Crippen LogP contribution is 2.08. The lowest BCUT2D eigenvalue weighted by Crippen LogP contribution is -2.25. The van der Waals surface area contributed by atoms with Crippen molar-refractivity contribution in [2.24, 2.45) is 5.73 Å². The van der Waals surface area contributed by atoms with Gasteiger partial charge in [-0.05, 0) is 44.0 Å². The van der Waals surface area contributed by atoms with Crippen LogP contribution in [-0.2, 0) is 12.8 Å². The third kappa shape index (κ3) is 3.40. The minimum Gasteiger partial charge on any atom is -0.327 e. The molecule has 2 N–H and O–H groups in total. The van der Waals surface area contributed by atoms with Crippen molar-refractivity contribution in [3.05, 3.63) is 48.0 Å². The highest BCUT2D eigenvalue weighted by molar-refractivity contribution is 5.12. The summed E-state index contributed by atoms with van der Waals surface area (Å²) >= 11 is 0. The summed E-state index contributed by atoms with van der Waals surface area (Å²) in [7, 11) is 0. The van der Waals surface area contributed by atoms with Crippen LogP contribution >= 0.6 is 0 Å². The number of hydrogen-bond acceptors (Lipinski definition) is 3. The number of pyridine rings is 1. The third-order valence-electron chi connectivity index (χ3n) is 2.91. The molecular weight excluding hydrogens is 224 g/mol. The highest BCUT2D eigenvalue weighted by atomic mass is 15.3. The van der Waals surface area contributed by atoms with E-state index in [0.29, 0.717) is 6.04 Å². The number of nitrogens with zero attached hydrogens (tertiary/aromatic N) is 3. The summed E-state index contributed by atoms with van der Waals surface area (Å²) in [6, 6.07) is 6.56. The molecule has 96 valence electrons. The van der Waals surface area contributed by atoms with Gasteiger partial charge in [-0.25, -0.2) is 0 Å². The Labute approximate surface area is 108 Å². The Bertz CT molecular complexity index is 476. The number of rotatable bonds is 5. The SMILES string of the molecule is CC(C)n1ccc(CC(N)Cc2ccncc2)n1. The predicted molar refractivity (Wildman–Crippen MR) is 72.2 cm³/mol. The number of aromatic nitrogens is 3. The quantitative estimate of drug-likeness (QED) is 0.875. The maximum atomic E-state index is 6.15. The molecule has 0 spiro atoms. The van der Waals surface area contributed by atoms with Crippen molar-refractivity contribution in [1.82, 2.24) is 14.8 Å². The molecule has 0 aliphatic heterocycles. The van der Waals surface area contributed by atoms with Crippen molar-refractivity contribution in [1.29, 1.82) is 0 Å². The summed E-state index contributed by atoms with van der Waals surface area (Å²) in [4.78, 5) is 4.00. The molecule has 0 radical (unpaired) electrons. The molecule has 18 heavy (non-hydrogen) atoms. The van der Waals surface area contributed by atoms with Gasteiger partial charge in [0, 0.05) is 37.1 Å². The monoisotopic (exact) mass is 244 g/mol. The molecule has 0 aliphatic carbocycles. The molecule has 2 rings (SSSR count). The van der Waals surface area contributed by atoms with Crippen LogP contribution in [0.1, 0.15) is 31.1 Å². The average Bonchev–Trinajstić information content (AvgIpc) is 2.78. The van der Waals surface area contributed by atoms with Gasteiger partial charge in [0.25, 0.3) is 0 Å². The van der Waals surface area contributed by atoms with Gasteiger partial charge in [-0.2, -0.15) is 5.10 Å². The molecule has 2 aromatic rings. The Morgan fingerprint density at radius 1 is 1.17 bits per heavy atom. The van der Waals surface area contributed by atoms with Crippen LogP contribution in [0.25, 0.3) is 0 Å². The van der Waals surface area contributed by atoms with Crippen LogP contribution in [0.3, 0.4) is 0 Å². The van der Waals surface area contributed by atoms with Gasteiger partial charge in [0.15, 0.2) is 0 Å². The Morgan fingerprint density at radius 2 is 1.89 bits per heavy atom. The summed E-state index contributed by atoms with van der Waals surface area (Å²) < 4.78 is 1.97. The van der Waals surface area contributed by atoms with E-state index in [4.69, 9.17) is 5.73 Å². The lowest BCUT2D eigenvalue weighted by molar-refractivity contribution is 0.521. The number of nitrogens with two attached hydrogens (primary N) is 1. The lowest BCUT2D eigenvalue weighted by atomic mass is 10.0. The van der Waals surface area contributed by atoms with E-state index in [1.165, 1.54) is 5.56 Å². The molecular formula is C14H20N4. The molecule has 0 aromatic carbocycles. The average molecular weight is 244 g/mol. The summed E-state index contributed by atoms with van der Waals surface area (Å²) in [6.07, 6.45) is 7.28. The molecule has 1 atom stereocenters. The zero-order valence-electron chi connectivity index (χ0n) is 11.0. The fraction of sp³-hybridized carbons (Fsp3) is 0.429. The molecule has 0 saturated carbocycles. The standard InChI is InChI=1S/C14H20N4/c1-11(2)18-8-5-14(17-18)10-13(15)9-12-3-6-16-7-4-12/h3-8,11,13H,9-10,15H2,1-2H3. The van der Waals surface area contributed by atoms with E-state index in [1.807, 2.05) is 29.1 Å². The van der Waals surface area contributed by atoms with Crippen LogP contribution < -0.4 is 5.73 Å². The van der Waals surface area contributed by atoms with E-state index in [9.17, 15) is 0 Å². The molecule has 0 fully saturated rings. The second-order valence-electron chi connectivity index (χ2n) is 4.90. The van der Waals surface area contributed by atoms with E-state index in [-0.39, 0.29) is 6.04 Å². The summed E-state index contributed by atoms with van der Waals surface area (Å²) in [5, 5.41) is 4.52. The minimum atomic E-state index is 0.0999. The van der Waals surface area contributed by atoms with Gasteiger partial charge < -0.3 is 5.73 Å². The van der Waals surface area contributed by atoms with E-state index >= 15 is 0 Å². The highest BCUT2D eigenvalue weighted by Gasteiger charge is 2.08. The van der Waals surface area contributed by atoms with Gasteiger partial charge in [-0.15, -0.1) is 0 Å². The smallest absolute Gasteiger partial charge is 0.0640 e. The largest absolute Gasteiger partial charge is 0.327 e. The molecule has 0 amide bonds. The van der Waals surface area contributed by atoms with Crippen molar-refractivity contribution in [3.8, 4) is 0 Å². The van der Waals surface area contributed by atoms with Crippen molar-refractivity contribution in [3.63, 3.8) is 0 Å². The summed E-state index contributed by atoms with van der Waals surface area (Å²) in [5.41, 5.74) is 8.44. The topological polar surface area (TPSA) is 56.7 Å². The summed E-state index contributed by atoms with van der Waals surface area (Å²) in [5.74, 6) is 0. The van der Waals surface area contributed by atoms with Crippen LogP contribution in [-0.4, -0.2) is 20.8 Å². The summed E-state index contributed by atoms with van der Waals surface area (Å²) in [6.45, 7) is 4.24. The molecule has 4 heteroatoms. The van der Waals surface area contributed by atoms with Crippen molar-refractivity contribution < 1.29 is 0 Å². The lowest BCUT2D eigenvalue weighted by Gasteiger charge is -2.10. The molecule has 2 aromatic heterocycles. The molecule has 0 aliphatic rings. The first-order valence-corrected chi connectivity index (χ1v) is 6.33. The fourth-order valence-corrected chi connectivity index (χ4v) is 1.94. The normalized spacial score (nSPS) is 12.9. The molecule has 4 nitrogen and oxygen atoms in total. The molecule has 0 saturated heterocycles. The zero-order valence-corrected chi connectivity index (χ0v) is 11.0. The molecule has 0 bridgehead atoms. The van der Waals surface area contributed by atoms with Crippen molar-refractivity contribution >= 4 is 0 Å². The predicted octanol–water partition coefficient (Wildman–Crippen LogP) is 1.97. The van der Waals surface area contributed by atoms with Gasteiger partial charge in [0.2, 0.25) is 0 Å². The number of hydrogen-bond donors (Lipinski definition) is 1.